The predicted molar refractivity (Wildman–Crippen MR) is 110 cm³/mol. The number of aldehydes is 3. The fraction of sp³-hybridized carbons (Fsp3) is 0.833. The third kappa shape index (κ3) is 15.2. The first kappa shape index (κ1) is 38.0. The minimum Gasteiger partial charge on any atom is -0.394 e. The summed E-state index contributed by atoms with van der Waals surface area (Å²) >= 11 is 0. The van der Waals surface area contributed by atoms with Gasteiger partial charge in [0.15, 0.2) is 18.9 Å². The highest BCUT2D eigenvalue weighted by atomic mass is 16.4. The van der Waals surface area contributed by atoms with Crippen molar-refractivity contribution in [3.8, 4) is 0 Å². The van der Waals surface area contributed by atoms with Gasteiger partial charge in [0.05, 0.1) is 19.3 Å². The molecule has 17 nitrogen and oxygen atoms in total. The molecule has 0 radical (unpaired) electrons. The molecule has 0 aliphatic rings. The van der Waals surface area contributed by atoms with Gasteiger partial charge in [-0.3, -0.25) is 0 Å². The highest BCUT2D eigenvalue weighted by molar-refractivity contribution is 5.57. The summed E-state index contributed by atoms with van der Waals surface area (Å²) in [6.45, 7) is -0.279. The van der Waals surface area contributed by atoms with Crippen molar-refractivity contribution in [1.82, 2.24) is 0 Å². The lowest BCUT2D eigenvalue weighted by atomic mass is 10.0. The Bertz CT molecular complexity index is 517. The van der Waals surface area contributed by atoms with E-state index in [1.807, 2.05) is 0 Å². The van der Waals surface area contributed by atoms with E-state index in [-0.39, 0.29) is 18.9 Å². The Kier molecular flexibility index (Phi) is 22.4. The minimum absolute atomic E-state index is 0.0258. The van der Waals surface area contributed by atoms with Gasteiger partial charge >= 0.3 is 0 Å². The quantitative estimate of drug-likeness (QED) is 0.0937. The number of hydrogen-bond acceptors (Lipinski definition) is 17. The van der Waals surface area contributed by atoms with Gasteiger partial charge in [-0.25, -0.2) is 0 Å². The number of aliphatic hydroxyl groups is 14. The lowest BCUT2D eigenvalue weighted by Gasteiger charge is -2.22. The molecule has 0 bridgehead atoms. The summed E-state index contributed by atoms with van der Waals surface area (Å²) in [5, 5.41) is 122. The molecule has 0 saturated carbocycles. The van der Waals surface area contributed by atoms with E-state index >= 15 is 0 Å². The fourth-order valence-corrected chi connectivity index (χ4v) is 1.80. The number of rotatable bonds is 14. The van der Waals surface area contributed by atoms with E-state index in [9.17, 15) is 14.4 Å². The molecule has 35 heavy (non-hydrogen) atoms. The van der Waals surface area contributed by atoms with E-state index in [2.05, 4.69) is 0 Å². The van der Waals surface area contributed by atoms with E-state index < -0.39 is 86.5 Å². The van der Waals surface area contributed by atoms with Crippen LogP contribution in [0.4, 0.5) is 0 Å². The van der Waals surface area contributed by atoms with Gasteiger partial charge in [0, 0.05) is 0 Å². The van der Waals surface area contributed by atoms with Crippen LogP contribution in [-0.2, 0) is 14.4 Å². The Morgan fingerprint density at radius 1 is 0.457 bits per heavy atom. The molecule has 17 heteroatoms. The van der Waals surface area contributed by atoms with E-state index in [0.717, 1.165) is 0 Å². The first-order valence-corrected chi connectivity index (χ1v) is 9.83. The fourth-order valence-electron chi connectivity index (χ4n) is 1.80. The van der Waals surface area contributed by atoms with Crippen molar-refractivity contribution in [2.75, 3.05) is 13.2 Å². The SMILES string of the molecule is C[C@H](O)[C@H](O)[C@@H](O)[C@@H](O)C=O.O=C[C@H](O)[C@@H](O)[C@H](O)[C@H](O)CO.O=C[C@H](O)[C@@H](O)[C@H](O)[C@H](O)CO. The zero-order valence-corrected chi connectivity index (χ0v) is 18.6. The molecule has 0 rings (SSSR count). The summed E-state index contributed by atoms with van der Waals surface area (Å²) in [5.74, 6) is 0. The van der Waals surface area contributed by atoms with Crippen molar-refractivity contribution < 1.29 is 85.9 Å². The van der Waals surface area contributed by atoms with E-state index in [1.54, 1.807) is 0 Å². The van der Waals surface area contributed by atoms with Gasteiger partial charge in [-0.05, 0) is 6.92 Å². The summed E-state index contributed by atoms with van der Waals surface area (Å²) in [5.41, 5.74) is 0. The van der Waals surface area contributed by atoms with Crippen molar-refractivity contribution >= 4 is 18.9 Å². The molecule has 14 N–H and O–H groups in total. The summed E-state index contributed by atoms with van der Waals surface area (Å²) in [4.78, 5) is 29.7. The number of carbonyl (C=O) groups is 3. The maximum Gasteiger partial charge on any atom is 0.151 e. The van der Waals surface area contributed by atoms with Gasteiger partial charge in [0.1, 0.15) is 67.1 Å². The van der Waals surface area contributed by atoms with Gasteiger partial charge in [0.2, 0.25) is 0 Å². The van der Waals surface area contributed by atoms with Gasteiger partial charge in [-0.1, -0.05) is 0 Å². The van der Waals surface area contributed by atoms with Crippen LogP contribution in [-0.4, -0.2) is 177 Å². The van der Waals surface area contributed by atoms with E-state index in [4.69, 9.17) is 71.5 Å². The largest absolute Gasteiger partial charge is 0.394 e. The molecule has 0 aromatic rings. The van der Waals surface area contributed by atoms with Gasteiger partial charge in [-0.15, -0.1) is 0 Å². The maximum atomic E-state index is 9.90. The molecule has 12 atom stereocenters. The Balaban J connectivity index is -0.000000439. The lowest BCUT2D eigenvalue weighted by molar-refractivity contribution is -0.136. The maximum absolute atomic E-state index is 9.90. The third-order valence-corrected chi connectivity index (χ3v) is 4.17. The Morgan fingerprint density at radius 2 is 0.686 bits per heavy atom. The van der Waals surface area contributed by atoms with Crippen LogP contribution in [0, 0.1) is 0 Å². The average molecular weight is 524 g/mol. The summed E-state index contributed by atoms with van der Waals surface area (Å²) in [6.07, 6.45) is -19.6. The van der Waals surface area contributed by atoms with Crippen LogP contribution in [0.2, 0.25) is 0 Å². The van der Waals surface area contributed by atoms with E-state index in [1.165, 1.54) is 6.92 Å². The summed E-state index contributed by atoms with van der Waals surface area (Å²) in [7, 11) is 0. The number of hydrogen-bond donors (Lipinski definition) is 14. The molecule has 0 amide bonds. The molecule has 0 saturated heterocycles. The topological polar surface area (TPSA) is 334 Å². The van der Waals surface area contributed by atoms with Crippen LogP contribution < -0.4 is 0 Å². The molecule has 0 unspecified atom stereocenters. The molecule has 0 spiro atoms. The molecule has 0 aliphatic heterocycles. The first-order valence-electron chi connectivity index (χ1n) is 9.83. The molecule has 0 fully saturated rings. The average Bonchev–Trinajstić information content (AvgIpc) is 2.88. The van der Waals surface area contributed by atoms with Crippen LogP contribution >= 0.6 is 0 Å². The van der Waals surface area contributed by atoms with Crippen molar-refractivity contribution in [2.24, 2.45) is 0 Å². The molecular weight excluding hydrogens is 488 g/mol. The molecule has 210 valence electrons. The number of aliphatic hydroxyl groups excluding tert-OH is 14. The zero-order chi connectivity index (χ0) is 28.5. The standard InChI is InChI=1S/2C6H12O6.C6H12O5/c2*7-1-3(9)5(11)6(12)4(10)2-8;1-3(8)5(10)6(11)4(9)2-7/h2*1,3-6,8-12H,2H2;2-6,8-11H,1H3/t2*3-,4+,5+,6+;3-,4-,5-,6-/m000/s1. The second-order valence-corrected chi connectivity index (χ2v) is 7.06. The normalized spacial score (nSPS) is 21.3. The van der Waals surface area contributed by atoms with Crippen LogP contribution in [0.3, 0.4) is 0 Å². The van der Waals surface area contributed by atoms with Crippen molar-refractivity contribution in [3.63, 3.8) is 0 Å². The van der Waals surface area contributed by atoms with Crippen molar-refractivity contribution in [1.29, 1.82) is 0 Å². The van der Waals surface area contributed by atoms with Crippen LogP contribution in [0.25, 0.3) is 0 Å². The summed E-state index contributed by atoms with van der Waals surface area (Å²) < 4.78 is 0. The van der Waals surface area contributed by atoms with Crippen LogP contribution in [0.5, 0.6) is 0 Å². The van der Waals surface area contributed by atoms with Gasteiger partial charge in [-0.2, -0.15) is 0 Å². The monoisotopic (exact) mass is 524 g/mol. The van der Waals surface area contributed by atoms with Gasteiger partial charge < -0.3 is 85.9 Å². The second-order valence-electron chi connectivity index (χ2n) is 7.06. The predicted octanol–water partition coefficient (Wildman–Crippen LogP) is -9.11. The Morgan fingerprint density at radius 3 is 0.857 bits per heavy atom. The van der Waals surface area contributed by atoms with Crippen LogP contribution in [0.15, 0.2) is 0 Å². The Hall–Kier alpha value is -1.55. The van der Waals surface area contributed by atoms with Crippen LogP contribution in [0.1, 0.15) is 6.92 Å². The van der Waals surface area contributed by atoms with Crippen molar-refractivity contribution in [3.05, 3.63) is 0 Å². The lowest BCUT2D eigenvalue weighted by Crippen LogP contribution is -2.46. The van der Waals surface area contributed by atoms with Crippen molar-refractivity contribution in [2.45, 2.75) is 80.2 Å². The minimum atomic E-state index is -1.79. The van der Waals surface area contributed by atoms with E-state index in [0.29, 0.717) is 0 Å². The number of carbonyl (C=O) groups excluding carboxylic acids is 3. The second kappa shape index (κ2) is 20.6. The molecule has 0 aromatic carbocycles. The first-order chi connectivity index (χ1) is 16.1. The third-order valence-electron chi connectivity index (χ3n) is 4.17. The molecule has 0 heterocycles. The van der Waals surface area contributed by atoms with Gasteiger partial charge in [0.25, 0.3) is 0 Å². The molecule has 0 aliphatic carbocycles. The Labute approximate surface area is 199 Å². The summed E-state index contributed by atoms with van der Waals surface area (Å²) in [6, 6.07) is 0. The zero-order valence-electron chi connectivity index (χ0n) is 18.6. The highest BCUT2D eigenvalue weighted by Gasteiger charge is 2.30. The molecular formula is C18H36O17. The molecule has 0 aromatic heterocycles. The smallest absolute Gasteiger partial charge is 0.151 e. The highest BCUT2D eigenvalue weighted by Crippen LogP contribution is 2.04.